The minimum Gasteiger partial charge on any atom is -0.478 e. The highest BCUT2D eigenvalue weighted by molar-refractivity contribution is 6.00. The van der Waals surface area contributed by atoms with Gasteiger partial charge in [0.15, 0.2) is 0 Å². The molecule has 0 unspecified atom stereocenters. The predicted molar refractivity (Wildman–Crippen MR) is 69.5 cm³/mol. The van der Waals surface area contributed by atoms with E-state index in [4.69, 9.17) is 0 Å². The van der Waals surface area contributed by atoms with Crippen LogP contribution < -0.4 is 5.32 Å². The second-order valence-corrected chi connectivity index (χ2v) is 5.16. The zero-order valence-electron chi connectivity index (χ0n) is 10.6. The average Bonchev–Trinajstić information content (AvgIpc) is 2.13. The summed E-state index contributed by atoms with van der Waals surface area (Å²) in [6, 6.07) is 3.84. The molecule has 3 nitrogen and oxygen atoms in total. The van der Waals surface area contributed by atoms with E-state index in [1.54, 1.807) is 0 Å². The lowest BCUT2D eigenvalue weighted by atomic mass is 9.88. The van der Waals surface area contributed by atoms with Crippen LogP contribution in [0.1, 0.15) is 42.3 Å². The van der Waals surface area contributed by atoms with Crippen LogP contribution in [0.25, 0.3) is 5.57 Å². The predicted octanol–water partition coefficient (Wildman–Crippen LogP) is 3.30. The Morgan fingerprint density at radius 2 is 1.94 bits per heavy atom. The molecule has 0 amide bonds. The molecule has 0 saturated heterocycles. The Kier molecular flexibility index (Phi) is 2.49. The fourth-order valence-electron chi connectivity index (χ4n) is 2.42. The van der Waals surface area contributed by atoms with Crippen LogP contribution in [0.2, 0.25) is 0 Å². The first-order chi connectivity index (χ1) is 7.82. The van der Waals surface area contributed by atoms with E-state index in [9.17, 15) is 9.90 Å². The molecule has 1 heterocycles. The normalized spacial score (nSPS) is 16.8. The number of fused-ring (bicyclic) bond motifs is 1. The van der Waals surface area contributed by atoms with E-state index in [2.05, 4.69) is 11.4 Å². The van der Waals surface area contributed by atoms with Crippen LogP contribution in [0.5, 0.6) is 0 Å². The molecular weight excluding hydrogens is 214 g/mol. The Balaban J connectivity index is 2.73. The number of rotatable bonds is 1. The third kappa shape index (κ3) is 1.93. The number of anilines is 1. The van der Waals surface area contributed by atoms with Gasteiger partial charge in [-0.1, -0.05) is 18.2 Å². The molecule has 90 valence electrons. The largest absolute Gasteiger partial charge is 0.478 e. The van der Waals surface area contributed by atoms with Gasteiger partial charge in [0.25, 0.3) is 0 Å². The Hall–Kier alpha value is -1.77. The fourth-order valence-corrected chi connectivity index (χ4v) is 2.42. The van der Waals surface area contributed by atoms with Crippen LogP contribution in [0, 0.1) is 6.92 Å². The lowest BCUT2D eigenvalue weighted by Gasteiger charge is -2.32. The third-order valence-electron chi connectivity index (χ3n) is 3.08. The average molecular weight is 231 g/mol. The van der Waals surface area contributed by atoms with Crippen molar-refractivity contribution in [3.63, 3.8) is 0 Å². The van der Waals surface area contributed by atoms with Gasteiger partial charge < -0.3 is 10.4 Å². The smallest absolute Gasteiger partial charge is 0.338 e. The van der Waals surface area contributed by atoms with Crippen LogP contribution in [0.3, 0.4) is 0 Å². The Morgan fingerprint density at radius 3 is 2.53 bits per heavy atom. The van der Waals surface area contributed by atoms with Gasteiger partial charge in [-0.3, -0.25) is 0 Å². The summed E-state index contributed by atoms with van der Waals surface area (Å²) in [6.45, 7) is 7.91. The molecule has 1 aromatic rings. The van der Waals surface area contributed by atoms with Crippen molar-refractivity contribution in [1.82, 2.24) is 0 Å². The topological polar surface area (TPSA) is 49.3 Å². The van der Waals surface area contributed by atoms with E-state index >= 15 is 0 Å². The summed E-state index contributed by atoms with van der Waals surface area (Å²) in [7, 11) is 0. The first kappa shape index (κ1) is 11.7. The first-order valence-corrected chi connectivity index (χ1v) is 5.67. The maximum absolute atomic E-state index is 11.4. The highest BCUT2D eigenvalue weighted by Gasteiger charge is 2.27. The molecule has 0 bridgehead atoms. The Labute approximate surface area is 101 Å². The molecule has 0 radical (unpaired) electrons. The summed E-state index contributed by atoms with van der Waals surface area (Å²) in [4.78, 5) is 11.4. The summed E-state index contributed by atoms with van der Waals surface area (Å²) in [5.41, 5.74) is 3.79. The number of carboxylic acids is 1. The van der Waals surface area contributed by atoms with Crippen molar-refractivity contribution < 1.29 is 9.90 Å². The number of carboxylic acid groups (broad SMARTS) is 1. The summed E-state index contributed by atoms with van der Waals surface area (Å²) < 4.78 is 0. The number of aromatic carboxylic acids is 1. The van der Waals surface area contributed by atoms with Crippen molar-refractivity contribution >= 4 is 17.2 Å². The number of aryl methyl sites for hydroxylation is 1. The molecule has 0 saturated carbocycles. The molecule has 0 spiro atoms. The summed E-state index contributed by atoms with van der Waals surface area (Å²) in [6.07, 6.45) is 2.12. The number of nitrogens with one attached hydrogen (secondary N) is 1. The molecule has 1 aliphatic heterocycles. The summed E-state index contributed by atoms with van der Waals surface area (Å²) in [5, 5.41) is 12.6. The van der Waals surface area contributed by atoms with Crippen molar-refractivity contribution in [2.24, 2.45) is 0 Å². The summed E-state index contributed by atoms with van der Waals surface area (Å²) >= 11 is 0. The SMILES string of the molecule is CC1=CC(C)(C)Nc2c1ccc(C)c2C(=O)O. The minimum absolute atomic E-state index is 0.213. The number of hydrogen-bond acceptors (Lipinski definition) is 2. The van der Waals surface area contributed by atoms with E-state index in [1.165, 1.54) is 0 Å². The number of allylic oxidation sites excluding steroid dienone is 1. The number of carbonyl (C=O) groups is 1. The summed E-state index contributed by atoms with van der Waals surface area (Å²) in [5.74, 6) is -0.877. The molecule has 2 N–H and O–H groups in total. The van der Waals surface area contributed by atoms with Crippen molar-refractivity contribution in [3.05, 3.63) is 34.9 Å². The van der Waals surface area contributed by atoms with E-state index in [0.29, 0.717) is 5.56 Å². The first-order valence-electron chi connectivity index (χ1n) is 5.67. The zero-order chi connectivity index (χ0) is 12.8. The van der Waals surface area contributed by atoms with E-state index in [-0.39, 0.29) is 5.54 Å². The quantitative estimate of drug-likeness (QED) is 0.779. The molecule has 17 heavy (non-hydrogen) atoms. The van der Waals surface area contributed by atoms with E-state index in [1.807, 2.05) is 39.8 Å². The number of benzene rings is 1. The van der Waals surface area contributed by atoms with Gasteiger partial charge in [-0.25, -0.2) is 4.79 Å². The molecule has 1 aromatic carbocycles. The van der Waals surface area contributed by atoms with Gasteiger partial charge in [0.05, 0.1) is 16.8 Å². The Bertz CT molecular complexity index is 527. The van der Waals surface area contributed by atoms with Crippen molar-refractivity contribution in [2.75, 3.05) is 5.32 Å². The second-order valence-electron chi connectivity index (χ2n) is 5.16. The van der Waals surface area contributed by atoms with E-state index < -0.39 is 5.97 Å². The maximum Gasteiger partial charge on any atom is 0.338 e. The standard InChI is InChI=1S/C14H17NO2/c1-8-5-6-10-9(2)7-14(3,4)15-12(10)11(8)13(16)17/h5-7,15H,1-4H3,(H,16,17). The van der Waals surface area contributed by atoms with Gasteiger partial charge in [-0.15, -0.1) is 0 Å². The highest BCUT2D eigenvalue weighted by Crippen LogP contribution is 2.37. The van der Waals surface area contributed by atoms with Crippen molar-refractivity contribution in [1.29, 1.82) is 0 Å². The Morgan fingerprint density at radius 1 is 1.29 bits per heavy atom. The van der Waals surface area contributed by atoms with Gasteiger partial charge in [0.1, 0.15) is 0 Å². The lowest BCUT2D eigenvalue weighted by Crippen LogP contribution is -2.32. The van der Waals surface area contributed by atoms with Crippen LogP contribution in [0.15, 0.2) is 18.2 Å². The van der Waals surface area contributed by atoms with E-state index in [0.717, 1.165) is 22.4 Å². The molecule has 3 heteroatoms. The zero-order valence-corrected chi connectivity index (χ0v) is 10.6. The molecular formula is C14H17NO2. The molecule has 0 aliphatic carbocycles. The van der Waals surface area contributed by atoms with Gasteiger partial charge in [-0.05, 0) is 38.8 Å². The van der Waals surface area contributed by atoms with Gasteiger partial charge in [0.2, 0.25) is 0 Å². The van der Waals surface area contributed by atoms with Crippen LogP contribution >= 0.6 is 0 Å². The molecule has 2 rings (SSSR count). The van der Waals surface area contributed by atoms with Crippen LogP contribution in [-0.4, -0.2) is 16.6 Å². The van der Waals surface area contributed by atoms with Crippen LogP contribution in [-0.2, 0) is 0 Å². The molecule has 0 atom stereocenters. The second kappa shape index (κ2) is 3.62. The molecule has 1 aliphatic rings. The maximum atomic E-state index is 11.4. The van der Waals surface area contributed by atoms with Crippen molar-refractivity contribution in [3.8, 4) is 0 Å². The van der Waals surface area contributed by atoms with Crippen molar-refractivity contribution in [2.45, 2.75) is 33.2 Å². The fraction of sp³-hybridized carbons (Fsp3) is 0.357. The van der Waals surface area contributed by atoms with Gasteiger partial charge in [-0.2, -0.15) is 0 Å². The molecule has 0 fully saturated rings. The number of hydrogen-bond donors (Lipinski definition) is 2. The van der Waals surface area contributed by atoms with Gasteiger partial charge >= 0.3 is 5.97 Å². The highest BCUT2D eigenvalue weighted by atomic mass is 16.4. The van der Waals surface area contributed by atoms with Gasteiger partial charge in [0, 0.05) is 5.56 Å². The monoisotopic (exact) mass is 231 g/mol. The lowest BCUT2D eigenvalue weighted by molar-refractivity contribution is 0.0697. The third-order valence-corrected chi connectivity index (χ3v) is 3.08. The van der Waals surface area contributed by atoms with Crippen LogP contribution in [0.4, 0.5) is 5.69 Å². The minimum atomic E-state index is -0.877. The molecule has 0 aromatic heterocycles.